The van der Waals surface area contributed by atoms with Crippen LogP contribution >= 0.6 is 0 Å². The largest absolute Gasteiger partial charge is 0.435 e. The fraction of sp³-hybridized carbons (Fsp3) is 0.368. The highest BCUT2D eigenvalue weighted by Crippen LogP contribution is 2.20. The minimum absolute atomic E-state index is 0.0169. The van der Waals surface area contributed by atoms with Gasteiger partial charge in [0.2, 0.25) is 0 Å². The zero-order valence-corrected chi connectivity index (χ0v) is 15.7. The summed E-state index contributed by atoms with van der Waals surface area (Å²) in [7, 11) is 3.80. The molecule has 1 unspecified atom stereocenters. The maximum Gasteiger partial charge on any atom is 0.387 e. The molecule has 0 saturated carbocycles. The smallest absolute Gasteiger partial charge is 0.387 e. The molecule has 6 nitrogen and oxygen atoms in total. The second-order valence-corrected chi connectivity index (χ2v) is 6.56. The lowest BCUT2D eigenvalue weighted by molar-refractivity contribution is -0.0497. The topological polar surface area (TPSA) is 63.6 Å². The average Bonchev–Trinajstić information content (AvgIpc) is 2.53. The van der Waals surface area contributed by atoms with Crippen molar-refractivity contribution in [1.82, 2.24) is 9.47 Å². The van der Waals surface area contributed by atoms with E-state index in [1.807, 2.05) is 25.9 Å². The van der Waals surface area contributed by atoms with Crippen LogP contribution in [0.3, 0.4) is 0 Å². The minimum Gasteiger partial charge on any atom is -0.435 e. The summed E-state index contributed by atoms with van der Waals surface area (Å²) in [6.07, 6.45) is 1.67. The van der Waals surface area contributed by atoms with Crippen molar-refractivity contribution < 1.29 is 18.3 Å². The Morgan fingerprint density at radius 3 is 2.63 bits per heavy atom. The number of carbonyl (C=O) groups excluding carboxylic acids is 1. The number of aromatic nitrogens is 1. The van der Waals surface area contributed by atoms with Crippen LogP contribution in [0.5, 0.6) is 5.75 Å². The predicted molar refractivity (Wildman–Crippen MR) is 99.7 cm³/mol. The highest BCUT2D eigenvalue weighted by Gasteiger charge is 2.19. The molecule has 0 saturated heterocycles. The SMILES string of the molecule is Cc1ccn(C(C)CN(C)C)c(=O)c1C(=O)Nc1cccc(OC(F)F)c1. The maximum absolute atomic E-state index is 12.8. The van der Waals surface area contributed by atoms with Gasteiger partial charge in [0.1, 0.15) is 11.3 Å². The van der Waals surface area contributed by atoms with Gasteiger partial charge >= 0.3 is 6.61 Å². The number of nitrogens with one attached hydrogen (secondary N) is 1. The monoisotopic (exact) mass is 379 g/mol. The molecule has 1 aromatic carbocycles. The van der Waals surface area contributed by atoms with Gasteiger partial charge in [0.25, 0.3) is 11.5 Å². The van der Waals surface area contributed by atoms with Crippen LogP contribution in [0.1, 0.15) is 28.9 Å². The molecule has 0 spiro atoms. The first-order valence-corrected chi connectivity index (χ1v) is 8.41. The van der Waals surface area contributed by atoms with Gasteiger partial charge < -0.3 is 19.5 Å². The van der Waals surface area contributed by atoms with E-state index in [0.29, 0.717) is 12.1 Å². The zero-order valence-electron chi connectivity index (χ0n) is 15.7. The normalized spacial score (nSPS) is 12.3. The summed E-state index contributed by atoms with van der Waals surface area (Å²) in [5.41, 5.74) is 0.407. The van der Waals surface area contributed by atoms with E-state index in [-0.39, 0.29) is 23.0 Å². The number of ether oxygens (including phenoxy) is 1. The van der Waals surface area contributed by atoms with E-state index in [2.05, 4.69) is 10.1 Å². The molecular weight excluding hydrogens is 356 g/mol. The molecule has 1 atom stereocenters. The second kappa shape index (κ2) is 8.77. The molecule has 0 fully saturated rings. The lowest BCUT2D eigenvalue weighted by Gasteiger charge is -2.20. The van der Waals surface area contributed by atoms with Crippen molar-refractivity contribution in [3.8, 4) is 5.75 Å². The van der Waals surface area contributed by atoms with Crippen molar-refractivity contribution in [2.45, 2.75) is 26.5 Å². The van der Waals surface area contributed by atoms with Crippen molar-refractivity contribution in [3.63, 3.8) is 0 Å². The Bertz CT molecular complexity index is 866. The molecule has 1 heterocycles. The van der Waals surface area contributed by atoms with Gasteiger partial charge in [-0.3, -0.25) is 9.59 Å². The Morgan fingerprint density at radius 1 is 1.30 bits per heavy atom. The molecule has 8 heteroatoms. The van der Waals surface area contributed by atoms with E-state index >= 15 is 0 Å². The highest BCUT2D eigenvalue weighted by atomic mass is 19.3. The first kappa shape index (κ1) is 20.6. The van der Waals surface area contributed by atoms with E-state index < -0.39 is 18.1 Å². The molecule has 1 N–H and O–H groups in total. The predicted octanol–water partition coefficient (Wildman–Crippen LogP) is 3.13. The van der Waals surface area contributed by atoms with E-state index in [1.54, 1.807) is 19.2 Å². The van der Waals surface area contributed by atoms with Gasteiger partial charge in [0, 0.05) is 30.5 Å². The number of alkyl halides is 2. The van der Waals surface area contributed by atoms with E-state index in [0.717, 1.165) is 0 Å². The van der Waals surface area contributed by atoms with E-state index in [1.165, 1.54) is 28.8 Å². The van der Waals surface area contributed by atoms with E-state index in [9.17, 15) is 18.4 Å². The molecule has 27 heavy (non-hydrogen) atoms. The molecule has 0 aliphatic heterocycles. The van der Waals surface area contributed by atoms with Gasteiger partial charge in [-0.25, -0.2) is 0 Å². The molecule has 146 valence electrons. The Morgan fingerprint density at radius 2 is 2.00 bits per heavy atom. The number of nitrogens with zero attached hydrogens (tertiary/aromatic N) is 2. The lowest BCUT2D eigenvalue weighted by atomic mass is 10.1. The van der Waals surface area contributed by atoms with Crippen molar-refractivity contribution in [1.29, 1.82) is 0 Å². The molecule has 0 aliphatic rings. The summed E-state index contributed by atoms with van der Waals surface area (Å²) >= 11 is 0. The fourth-order valence-corrected chi connectivity index (χ4v) is 2.82. The first-order chi connectivity index (χ1) is 12.7. The van der Waals surface area contributed by atoms with Gasteiger partial charge in [-0.05, 0) is 51.7 Å². The van der Waals surface area contributed by atoms with Crippen molar-refractivity contribution in [3.05, 3.63) is 58.0 Å². The zero-order chi connectivity index (χ0) is 20.1. The van der Waals surface area contributed by atoms with Crippen LogP contribution < -0.4 is 15.6 Å². The Balaban J connectivity index is 2.30. The molecule has 0 bridgehead atoms. The van der Waals surface area contributed by atoms with Crippen LogP contribution in [0, 0.1) is 6.92 Å². The molecular formula is C19H23F2N3O3. The number of halogens is 2. The lowest BCUT2D eigenvalue weighted by Crippen LogP contribution is -2.34. The minimum atomic E-state index is -2.96. The Kier molecular flexibility index (Phi) is 6.68. The standard InChI is InChI=1S/C19H23F2N3O3/c1-12-8-9-24(13(2)11-23(3)4)18(26)16(12)17(25)22-14-6-5-7-15(10-14)27-19(20)21/h5-10,13,19H,11H2,1-4H3,(H,22,25). The Hall–Kier alpha value is -2.74. The van der Waals surface area contributed by atoms with Crippen LogP contribution in [-0.4, -0.2) is 42.6 Å². The molecule has 1 amide bonds. The molecule has 0 radical (unpaired) electrons. The number of likely N-dealkylation sites (N-methyl/N-ethyl adjacent to an activating group) is 1. The first-order valence-electron chi connectivity index (χ1n) is 8.41. The van der Waals surface area contributed by atoms with Crippen LogP contribution in [0.25, 0.3) is 0 Å². The molecule has 2 rings (SSSR count). The third-order valence-electron chi connectivity index (χ3n) is 3.98. The van der Waals surface area contributed by atoms with Crippen LogP contribution in [0.4, 0.5) is 14.5 Å². The number of rotatable bonds is 7. The van der Waals surface area contributed by atoms with Crippen molar-refractivity contribution in [2.24, 2.45) is 0 Å². The Labute approximate surface area is 156 Å². The number of hydrogen-bond donors (Lipinski definition) is 1. The third-order valence-corrected chi connectivity index (χ3v) is 3.98. The maximum atomic E-state index is 12.8. The number of anilines is 1. The van der Waals surface area contributed by atoms with Crippen molar-refractivity contribution in [2.75, 3.05) is 26.0 Å². The number of amides is 1. The van der Waals surface area contributed by atoms with Crippen LogP contribution in [0.15, 0.2) is 41.3 Å². The van der Waals surface area contributed by atoms with Crippen molar-refractivity contribution >= 4 is 11.6 Å². The third kappa shape index (κ3) is 5.37. The summed E-state index contributed by atoms with van der Waals surface area (Å²) in [5.74, 6) is -0.678. The van der Waals surface area contributed by atoms with Crippen LogP contribution in [-0.2, 0) is 0 Å². The number of aryl methyl sites for hydroxylation is 1. The van der Waals surface area contributed by atoms with Gasteiger partial charge in [0.15, 0.2) is 0 Å². The summed E-state index contributed by atoms with van der Waals surface area (Å²) in [6, 6.07) is 7.21. The fourth-order valence-electron chi connectivity index (χ4n) is 2.82. The highest BCUT2D eigenvalue weighted by molar-refractivity contribution is 6.05. The summed E-state index contributed by atoms with van der Waals surface area (Å²) < 4.78 is 30.5. The molecule has 1 aromatic heterocycles. The summed E-state index contributed by atoms with van der Waals surface area (Å²) in [4.78, 5) is 27.4. The number of carbonyl (C=O) groups is 1. The summed E-state index contributed by atoms with van der Waals surface area (Å²) in [5, 5.41) is 2.57. The van der Waals surface area contributed by atoms with Gasteiger partial charge in [-0.15, -0.1) is 0 Å². The number of pyridine rings is 1. The van der Waals surface area contributed by atoms with Gasteiger partial charge in [-0.1, -0.05) is 6.07 Å². The van der Waals surface area contributed by atoms with Gasteiger partial charge in [0.05, 0.1) is 0 Å². The van der Waals surface area contributed by atoms with E-state index in [4.69, 9.17) is 0 Å². The second-order valence-electron chi connectivity index (χ2n) is 6.56. The number of hydrogen-bond acceptors (Lipinski definition) is 4. The number of benzene rings is 1. The quantitative estimate of drug-likeness (QED) is 0.803. The average molecular weight is 379 g/mol. The molecule has 2 aromatic rings. The van der Waals surface area contributed by atoms with Crippen LogP contribution in [0.2, 0.25) is 0 Å². The van der Waals surface area contributed by atoms with Gasteiger partial charge in [-0.2, -0.15) is 8.78 Å². The summed E-state index contributed by atoms with van der Waals surface area (Å²) in [6.45, 7) is 1.24. The molecule has 0 aliphatic carbocycles.